The summed E-state index contributed by atoms with van der Waals surface area (Å²) in [5.41, 5.74) is 0.862. The summed E-state index contributed by atoms with van der Waals surface area (Å²) in [6.07, 6.45) is 0.335. The highest BCUT2D eigenvalue weighted by atomic mass is 32.1. The maximum absolute atomic E-state index is 13.1. The van der Waals surface area contributed by atoms with Crippen molar-refractivity contribution in [2.24, 2.45) is 0 Å². The molecule has 2 aromatic rings. The molecule has 0 spiro atoms. The van der Waals surface area contributed by atoms with Gasteiger partial charge in [-0.15, -0.1) is 11.3 Å². The number of nitrogens with zero attached hydrogens (tertiary/aromatic N) is 4. The lowest BCUT2D eigenvalue weighted by atomic mass is 10.1. The maximum Gasteiger partial charge on any atom is 0.244 e. The summed E-state index contributed by atoms with van der Waals surface area (Å²) < 4.78 is 0. The van der Waals surface area contributed by atoms with Crippen molar-refractivity contribution in [1.29, 1.82) is 5.26 Å². The molecule has 1 aromatic carbocycles. The first kappa shape index (κ1) is 19.6. The first-order valence-electron chi connectivity index (χ1n) is 9.41. The minimum Gasteiger partial charge on any atom is -0.310 e. The number of para-hydroxylation sites is 1. The molecule has 1 amide bonds. The van der Waals surface area contributed by atoms with Crippen molar-refractivity contribution >= 4 is 22.9 Å². The number of carbonyl (C=O) groups is 1. The Balaban J connectivity index is 1.59. The predicted octanol–water partition coefficient (Wildman–Crippen LogP) is 3.20. The SMILES string of the molecule is CC(C(=O)N(CCC#N)c1ccccc1)N1CCN(Cc2cccs2)CC1. The monoisotopic (exact) mass is 382 g/mol. The van der Waals surface area contributed by atoms with Crippen LogP contribution in [0.4, 0.5) is 5.69 Å². The van der Waals surface area contributed by atoms with Gasteiger partial charge in [0.25, 0.3) is 0 Å². The minimum atomic E-state index is -0.187. The van der Waals surface area contributed by atoms with E-state index in [9.17, 15) is 4.79 Å². The van der Waals surface area contributed by atoms with E-state index in [0.717, 1.165) is 38.4 Å². The minimum absolute atomic E-state index is 0.0724. The molecule has 2 heterocycles. The topological polar surface area (TPSA) is 50.6 Å². The fraction of sp³-hybridized carbons (Fsp3) is 0.429. The van der Waals surface area contributed by atoms with E-state index in [2.05, 4.69) is 33.4 Å². The van der Waals surface area contributed by atoms with E-state index in [-0.39, 0.29) is 11.9 Å². The molecular formula is C21H26N4OS. The quantitative estimate of drug-likeness (QED) is 0.738. The van der Waals surface area contributed by atoms with Crippen molar-refractivity contribution in [3.8, 4) is 6.07 Å². The van der Waals surface area contributed by atoms with Crippen molar-refractivity contribution in [3.63, 3.8) is 0 Å². The lowest BCUT2D eigenvalue weighted by Crippen LogP contribution is -2.54. The third-order valence-electron chi connectivity index (χ3n) is 5.05. The van der Waals surface area contributed by atoms with E-state index in [4.69, 9.17) is 5.26 Å². The van der Waals surface area contributed by atoms with Gasteiger partial charge in [-0.05, 0) is 30.5 Å². The zero-order valence-corrected chi connectivity index (χ0v) is 16.6. The molecule has 1 aromatic heterocycles. The Kier molecular flexibility index (Phi) is 6.99. The first-order valence-corrected chi connectivity index (χ1v) is 10.3. The van der Waals surface area contributed by atoms with Crippen molar-refractivity contribution in [2.75, 3.05) is 37.6 Å². The second-order valence-corrected chi connectivity index (χ2v) is 7.83. The highest BCUT2D eigenvalue weighted by Gasteiger charge is 2.29. The van der Waals surface area contributed by atoms with E-state index in [1.807, 2.05) is 37.3 Å². The van der Waals surface area contributed by atoms with Crippen LogP contribution in [0.1, 0.15) is 18.2 Å². The van der Waals surface area contributed by atoms with Crippen molar-refractivity contribution in [1.82, 2.24) is 9.80 Å². The van der Waals surface area contributed by atoms with Crippen LogP contribution in [0, 0.1) is 11.3 Å². The molecule has 6 heteroatoms. The summed E-state index contributed by atoms with van der Waals surface area (Å²) in [5, 5.41) is 11.1. The molecule has 1 unspecified atom stereocenters. The Morgan fingerprint density at radius 1 is 1.19 bits per heavy atom. The molecule has 0 bridgehead atoms. The molecule has 0 N–H and O–H groups in total. The number of hydrogen-bond acceptors (Lipinski definition) is 5. The molecule has 1 aliphatic rings. The molecule has 5 nitrogen and oxygen atoms in total. The molecule has 0 saturated carbocycles. The van der Waals surface area contributed by atoms with Crippen LogP contribution in [-0.4, -0.2) is 54.5 Å². The molecule has 0 aliphatic carbocycles. The van der Waals surface area contributed by atoms with Gasteiger partial charge in [0, 0.05) is 49.8 Å². The van der Waals surface area contributed by atoms with Crippen LogP contribution >= 0.6 is 11.3 Å². The number of piperazine rings is 1. The highest BCUT2D eigenvalue weighted by Crippen LogP contribution is 2.19. The number of anilines is 1. The zero-order chi connectivity index (χ0) is 19.1. The average Bonchev–Trinajstić information content (AvgIpc) is 3.22. The maximum atomic E-state index is 13.1. The average molecular weight is 383 g/mol. The fourth-order valence-electron chi connectivity index (χ4n) is 3.45. The van der Waals surface area contributed by atoms with Crippen molar-refractivity contribution in [3.05, 3.63) is 52.7 Å². The summed E-state index contributed by atoms with van der Waals surface area (Å²) >= 11 is 1.80. The van der Waals surface area contributed by atoms with Gasteiger partial charge in [-0.2, -0.15) is 5.26 Å². The smallest absolute Gasteiger partial charge is 0.244 e. The molecule has 1 fully saturated rings. The molecule has 0 radical (unpaired) electrons. The first-order chi connectivity index (χ1) is 13.2. The molecule has 27 heavy (non-hydrogen) atoms. The van der Waals surface area contributed by atoms with E-state index in [0.29, 0.717) is 13.0 Å². The molecule has 1 atom stereocenters. The van der Waals surface area contributed by atoms with Gasteiger partial charge in [0.05, 0.1) is 18.5 Å². The van der Waals surface area contributed by atoms with Gasteiger partial charge in [0.2, 0.25) is 5.91 Å². The van der Waals surface area contributed by atoms with Gasteiger partial charge in [0.1, 0.15) is 0 Å². The van der Waals surface area contributed by atoms with Gasteiger partial charge in [0.15, 0.2) is 0 Å². The summed E-state index contributed by atoms with van der Waals surface area (Å²) in [6.45, 7) is 7.13. The number of carbonyl (C=O) groups excluding carboxylic acids is 1. The van der Waals surface area contributed by atoms with Gasteiger partial charge in [-0.1, -0.05) is 24.3 Å². The Morgan fingerprint density at radius 2 is 1.93 bits per heavy atom. The second kappa shape index (κ2) is 9.65. The summed E-state index contributed by atoms with van der Waals surface area (Å²) in [6, 6.07) is 15.9. The van der Waals surface area contributed by atoms with Crippen LogP contribution in [0.25, 0.3) is 0 Å². The summed E-state index contributed by atoms with van der Waals surface area (Å²) in [5.74, 6) is 0.0724. The number of hydrogen-bond donors (Lipinski definition) is 0. The lowest BCUT2D eigenvalue weighted by molar-refractivity contribution is -0.124. The van der Waals surface area contributed by atoms with Crippen LogP contribution in [0.3, 0.4) is 0 Å². The van der Waals surface area contributed by atoms with E-state index >= 15 is 0 Å². The number of nitriles is 1. The Morgan fingerprint density at radius 3 is 2.56 bits per heavy atom. The molecule has 142 valence electrons. The summed E-state index contributed by atoms with van der Waals surface area (Å²) in [4.78, 5) is 21.0. The predicted molar refractivity (Wildman–Crippen MR) is 110 cm³/mol. The third-order valence-corrected chi connectivity index (χ3v) is 5.91. The van der Waals surface area contributed by atoms with Crippen LogP contribution in [0.2, 0.25) is 0 Å². The third kappa shape index (κ3) is 5.16. The number of benzene rings is 1. The van der Waals surface area contributed by atoms with Crippen molar-refractivity contribution in [2.45, 2.75) is 25.9 Å². The second-order valence-electron chi connectivity index (χ2n) is 6.80. The van der Waals surface area contributed by atoms with Crippen LogP contribution in [-0.2, 0) is 11.3 Å². The van der Waals surface area contributed by atoms with Gasteiger partial charge >= 0.3 is 0 Å². The lowest BCUT2D eigenvalue weighted by Gasteiger charge is -2.38. The van der Waals surface area contributed by atoms with E-state index in [1.54, 1.807) is 16.2 Å². The van der Waals surface area contributed by atoms with Gasteiger partial charge in [-0.3, -0.25) is 14.6 Å². The highest BCUT2D eigenvalue weighted by molar-refractivity contribution is 7.09. The van der Waals surface area contributed by atoms with Gasteiger partial charge < -0.3 is 4.90 Å². The summed E-state index contributed by atoms with van der Waals surface area (Å²) in [7, 11) is 0. The number of amides is 1. The van der Waals surface area contributed by atoms with E-state index in [1.165, 1.54) is 4.88 Å². The molecular weight excluding hydrogens is 356 g/mol. The largest absolute Gasteiger partial charge is 0.310 e. The Bertz CT molecular complexity index is 748. The van der Waals surface area contributed by atoms with Crippen molar-refractivity contribution < 1.29 is 4.79 Å². The fourth-order valence-corrected chi connectivity index (χ4v) is 4.20. The van der Waals surface area contributed by atoms with Crippen LogP contribution in [0.5, 0.6) is 0 Å². The normalized spacial score (nSPS) is 16.6. The molecule has 3 rings (SSSR count). The van der Waals surface area contributed by atoms with Gasteiger partial charge in [-0.25, -0.2) is 0 Å². The number of thiophene rings is 1. The molecule has 1 saturated heterocycles. The Labute approximate surface area is 165 Å². The van der Waals surface area contributed by atoms with Crippen LogP contribution in [0.15, 0.2) is 47.8 Å². The van der Waals surface area contributed by atoms with E-state index < -0.39 is 0 Å². The van der Waals surface area contributed by atoms with Crippen LogP contribution < -0.4 is 4.90 Å². The molecule has 1 aliphatic heterocycles. The Hall–Kier alpha value is -2.20. The standard InChI is InChI=1S/C21H26N4OS/c1-18(21(26)25(11-6-10-22)19-7-3-2-4-8-19)24-14-12-23(13-15-24)17-20-9-5-16-27-20/h2-5,7-9,16,18H,6,11-15,17H2,1H3. The zero-order valence-electron chi connectivity index (χ0n) is 15.8. The number of rotatable bonds is 7.